The van der Waals surface area contributed by atoms with E-state index in [0.29, 0.717) is 6.42 Å². The Balaban J connectivity index is 2.37. The Morgan fingerprint density at radius 3 is 1.44 bits per heavy atom. The van der Waals surface area contributed by atoms with Gasteiger partial charge in [0.15, 0.2) is 7.26 Å². The van der Waals surface area contributed by atoms with E-state index in [-0.39, 0.29) is 5.97 Å². The van der Waals surface area contributed by atoms with Gasteiger partial charge in [-0.3, -0.25) is 4.79 Å². The summed E-state index contributed by atoms with van der Waals surface area (Å²) in [6, 6.07) is 31.1. The lowest BCUT2D eigenvalue weighted by Gasteiger charge is -2.28. The highest BCUT2D eigenvalue weighted by atomic mass is 31.2. The number of benzene rings is 3. The van der Waals surface area contributed by atoms with Crippen LogP contribution in [0.15, 0.2) is 103 Å². The van der Waals surface area contributed by atoms with Gasteiger partial charge in [-0.25, -0.2) is 0 Å². The molecule has 0 spiro atoms. The van der Waals surface area contributed by atoms with E-state index < -0.39 is 7.26 Å². The van der Waals surface area contributed by atoms with Crippen LogP contribution in [0, 0.1) is 0 Å². The monoisotopic (exact) mass is 375 g/mol. The van der Waals surface area contributed by atoms with E-state index in [1.807, 2.05) is 74.5 Å². The van der Waals surface area contributed by atoms with E-state index in [2.05, 4.69) is 36.4 Å². The Hall–Kier alpha value is -2.70. The van der Waals surface area contributed by atoms with Crippen LogP contribution in [-0.4, -0.2) is 5.97 Å². The second-order valence-electron chi connectivity index (χ2n) is 6.13. The maximum absolute atomic E-state index is 12.3. The molecule has 0 amide bonds. The van der Waals surface area contributed by atoms with Gasteiger partial charge in [-0.15, -0.1) is 0 Å². The third kappa shape index (κ3) is 3.72. The fourth-order valence-corrected chi connectivity index (χ4v) is 7.44. The standard InChI is InChI=1S/C24H24O2P/c1-3-23(25)26-24(4-2)27(20-14-8-5-9-15-20,21-16-10-6-11-17-21)22-18-12-7-13-19-22/h4-19H,3H2,1-2H3/q+1. The molecule has 0 heterocycles. The van der Waals surface area contributed by atoms with Gasteiger partial charge in [0.25, 0.3) is 5.50 Å². The lowest BCUT2D eigenvalue weighted by atomic mass is 10.4. The van der Waals surface area contributed by atoms with Crippen LogP contribution < -0.4 is 15.9 Å². The molecule has 0 bridgehead atoms. The molecule has 0 radical (unpaired) electrons. The highest BCUT2D eigenvalue weighted by Gasteiger charge is 2.51. The third-order valence-corrected chi connectivity index (χ3v) is 8.74. The first-order valence-corrected chi connectivity index (χ1v) is 11.0. The average molecular weight is 375 g/mol. The normalized spacial score (nSPS) is 11.9. The van der Waals surface area contributed by atoms with E-state index in [1.54, 1.807) is 0 Å². The van der Waals surface area contributed by atoms with Gasteiger partial charge < -0.3 is 4.74 Å². The van der Waals surface area contributed by atoms with Crippen LogP contribution >= 0.6 is 7.26 Å². The van der Waals surface area contributed by atoms with Crippen LogP contribution in [0.4, 0.5) is 0 Å². The fraction of sp³-hybridized carbons (Fsp3) is 0.125. The van der Waals surface area contributed by atoms with Crippen LogP contribution in [0.5, 0.6) is 0 Å². The van der Waals surface area contributed by atoms with Gasteiger partial charge in [-0.1, -0.05) is 61.5 Å². The van der Waals surface area contributed by atoms with Crippen molar-refractivity contribution in [2.75, 3.05) is 0 Å². The number of esters is 1. The van der Waals surface area contributed by atoms with Crippen molar-refractivity contribution in [3.63, 3.8) is 0 Å². The zero-order valence-corrected chi connectivity index (χ0v) is 16.6. The predicted molar refractivity (Wildman–Crippen MR) is 115 cm³/mol. The van der Waals surface area contributed by atoms with E-state index >= 15 is 0 Å². The molecule has 3 rings (SSSR count). The second-order valence-corrected chi connectivity index (χ2v) is 9.46. The molecule has 0 fully saturated rings. The molecule has 0 aliphatic heterocycles. The molecule has 0 aliphatic carbocycles. The van der Waals surface area contributed by atoms with Crippen molar-refractivity contribution in [3.8, 4) is 0 Å². The number of carbonyl (C=O) groups excluding carboxylic acids is 1. The summed E-state index contributed by atoms with van der Waals surface area (Å²) in [7, 11) is -2.31. The van der Waals surface area contributed by atoms with E-state index in [0.717, 1.165) is 5.50 Å². The number of allylic oxidation sites excluding steroid dienone is 1. The molecule has 0 unspecified atom stereocenters. The minimum atomic E-state index is -2.31. The molecule has 136 valence electrons. The number of hydrogen-bond donors (Lipinski definition) is 0. The summed E-state index contributed by atoms with van der Waals surface area (Å²) < 4.78 is 5.95. The summed E-state index contributed by atoms with van der Waals surface area (Å²) in [6.07, 6.45) is 2.30. The number of rotatable bonds is 6. The summed E-state index contributed by atoms with van der Waals surface area (Å²) in [5, 5.41) is 3.50. The van der Waals surface area contributed by atoms with Crippen molar-refractivity contribution < 1.29 is 9.53 Å². The predicted octanol–water partition coefficient (Wildman–Crippen LogP) is 4.80. The SMILES string of the molecule is CC=C(OC(=O)CC)[P+](c1ccccc1)(c1ccccc1)c1ccccc1. The maximum Gasteiger partial charge on any atom is 0.313 e. The van der Waals surface area contributed by atoms with Crippen molar-refractivity contribution in [2.45, 2.75) is 20.3 Å². The lowest BCUT2D eigenvalue weighted by molar-refractivity contribution is -0.138. The molecule has 0 N–H and O–H groups in total. The number of carbonyl (C=O) groups is 1. The molecule has 0 saturated heterocycles. The molecular formula is C24H24O2P+. The molecule has 3 aromatic carbocycles. The first kappa shape index (κ1) is 19.1. The Bertz CT molecular complexity index is 806. The van der Waals surface area contributed by atoms with Gasteiger partial charge in [0.05, 0.1) is 0 Å². The van der Waals surface area contributed by atoms with Gasteiger partial charge in [0, 0.05) is 6.42 Å². The number of hydrogen-bond acceptors (Lipinski definition) is 2. The van der Waals surface area contributed by atoms with Crippen LogP contribution in [0.2, 0.25) is 0 Å². The topological polar surface area (TPSA) is 26.3 Å². The maximum atomic E-state index is 12.3. The van der Waals surface area contributed by atoms with Gasteiger partial charge in [0.1, 0.15) is 15.9 Å². The van der Waals surface area contributed by atoms with Crippen LogP contribution in [0.25, 0.3) is 0 Å². The molecule has 0 aromatic heterocycles. The van der Waals surface area contributed by atoms with Crippen molar-refractivity contribution in [1.29, 1.82) is 0 Å². The first-order chi connectivity index (χ1) is 13.2. The summed E-state index contributed by atoms with van der Waals surface area (Å²) in [6.45, 7) is 3.77. The zero-order chi connectivity index (χ0) is 19.1. The lowest BCUT2D eigenvalue weighted by Crippen LogP contribution is -2.33. The molecule has 3 aromatic rings. The van der Waals surface area contributed by atoms with E-state index in [9.17, 15) is 4.79 Å². The smallest absolute Gasteiger partial charge is 0.313 e. The minimum absolute atomic E-state index is 0.213. The fourth-order valence-electron chi connectivity index (χ4n) is 3.29. The molecule has 2 nitrogen and oxygen atoms in total. The Morgan fingerprint density at radius 2 is 1.15 bits per heavy atom. The Morgan fingerprint density at radius 1 is 0.778 bits per heavy atom. The Labute approximate surface area is 161 Å². The van der Waals surface area contributed by atoms with Crippen LogP contribution in [0.3, 0.4) is 0 Å². The highest BCUT2D eigenvalue weighted by Crippen LogP contribution is 2.62. The van der Waals surface area contributed by atoms with Crippen molar-refractivity contribution in [2.24, 2.45) is 0 Å². The molecule has 0 atom stereocenters. The third-order valence-electron chi connectivity index (χ3n) is 4.52. The quantitative estimate of drug-likeness (QED) is 0.352. The summed E-state index contributed by atoms with van der Waals surface area (Å²) in [5.41, 5.74) is 0.734. The average Bonchev–Trinajstić information content (AvgIpc) is 2.75. The minimum Gasteiger partial charge on any atom is -0.393 e. The van der Waals surface area contributed by atoms with E-state index in [4.69, 9.17) is 4.74 Å². The second kappa shape index (κ2) is 8.79. The van der Waals surface area contributed by atoms with Gasteiger partial charge in [0.2, 0.25) is 0 Å². The molecule has 3 heteroatoms. The van der Waals surface area contributed by atoms with Crippen LogP contribution in [-0.2, 0) is 9.53 Å². The van der Waals surface area contributed by atoms with Gasteiger partial charge in [-0.2, -0.15) is 0 Å². The van der Waals surface area contributed by atoms with Crippen molar-refractivity contribution in [1.82, 2.24) is 0 Å². The van der Waals surface area contributed by atoms with Gasteiger partial charge in [-0.05, 0) is 49.4 Å². The first-order valence-electron chi connectivity index (χ1n) is 9.17. The largest absolute Gasteiger partial charge is 0.393 e. The molecule has 0 aliphatic rings. The summed E-state index contributed by atoms with van der Waals surface area (Å²) in [5.74, 6) is -0.213. The Kier molecular flexibility index (Phi) is 6.21. The van der Waals surface area contributed by atoms with Crippen molar-refractivity contribution >= 4 is 29.1 Å². The molecular weight excluding hydrogens is 351 g/mol. The molecule has 0 saturated carbocycles. The molecule has 27 heavy (non-hydrogen) atoms. The van der Waals surface area contributed by atoms with Crippen LogP contribution in [0.1, 0.15) is 20.3 Å². The highest BCUT2D eigenvalue weighted by molar-refractivity contribution is 7.98. The van der Waals surface area contributed by atoms with E-state index in [1.165, 1.54) is 15.9 Å². The van der Waals surface area contributed by atoms with Gasteiger partial charge >= 0.3 is 5.97 Å². The van der Waals surface area contributed by atoms with Crippen molar-refractivity contribution in [3.05, 3.63) is 103 Å². The summed E-state index contributed by atoms with van der Waals surface area (Å²) in [4.78, 5) is 12.3. The summed E-state index contributed by atoms with van der Waals surface area (Å²) >= 11 is 0. The number of ether oxygens (including phenoxy) is 1. The zero-order valence-electron chi connectivity index (χ0n) is 15.7.